The molecule has 1 aromatic carbocycles. The highest BCUT2D eigenvalue weighted by molar-refractivity contribution is 5.85. The molecule has 1 unspecified atom stereocenters. The maximum atomic E-state index is 11.8. The first-order valence-electron chi connectivity index (χ1n) is 6.46. The molecule has 2 rings (SSSR count). The van der Waals surface area contributed by atoms with Crippen LogP contribution in [0.1, 0.15) is 19.3 Å². The minimum atomic E-state index is -0.704. The van der Waals surface area contributed by atoms with Crippen molar-refractivity contribution in [3.63, 3.8) is 0 Å². The molecule has 1 heterocycles. The van der Waals surface area contributed by atoms with Crippen LogP contribution in [0, 0.1) is 20.2 Å². The number of hydrogen-bond acceptors (Lipinski definition) is 6. The van der Waals surface area contributed by atoms with E-state index in [1.54, 1.807) is 0 Å². The normalized spacial score (nSPS) is 18.5. The predicted octanol–water partition coefficient (Wildman–Crippen LogP) is 1.58. The maximum Gasteiger partial charge on any atom is 0.299 e. The van der Waals surface area contributed by atoms with E-state index in [0.717, 1.165) is 18.9 Å². The zero-order chi connectivity index (χ0) is 15.4. The molecule has 0 aliphatic carbocycles. The average molecular weight is 294 g/mol. The minimum absolute atomic E-state index is 0.104. The number of nitrogens with zero attached hydrogens (tertiary/aromatic N) is 2. The highest BCUT2D eigenvalue weighted by Gasteiger charge is 2.25. The van der Waals surface area contributed by atoms with Crippen LogP contribution in [0.25, 0.3) is 0 Å². The molecule has 0 spiro atoms. The van der Waals surface area contributed by atoms with Gasteiger partial charge in [-0.05, 0) is 25.3 Å². The number of nitrogens with one attached hydrogen (secondary N) is 2. The maximum absolute atomic E-state index is 11.8. The molecule has 1 saturated heterocycles. The Bertz CT molecular complexity index is 589. The molecular formula is C12H14N4O5. The Labute approximate surface area is 119 Å². The van der Waals surface area contributed by atoms with E-state index >= 15 is 0 Å². The van der Waals surface area contributed by atoms with Crippen molar-refractivity contribution in [2.24, 2.45) is 0 Å². The number of hydrogen-bond donors (Lipinski definition) is 2. The van der Waals surface area contributed by atoms with Crippen LogP contribution in [0.15, 0.2) is 18.2 Å². The van der Waals surface area contributed by atoms with Gasteiger partial charge in [-0.1, -0.05) is 0 Å². The first-order chi connectivity index (χ1) is 9.99. The number of benzene rings is 1. The highest BCUT2D eigenvalue weighted by Crippen LogP contribution is 2.30. The molecule has 21 heavy (non-hydrogen) atoms. The van der Waals surface area contributed by atoms with Gasteiger partial charge in [0.25, 0.3) is 11.4 Å². The lowest BCUT2D eigenvalue weighted by molar-refractivity contribution is -0.393. The van der Waals surface area contributed by atoms with Gasteiger partial charge in [0.15, 0.2) is 0 Å². The molecule has 0 saturated carbocycles. The average Bonchev–Trinajstić information content (AvgIpc) is 2.64. The van der Waals surface area contributed by atoms with Crippen molar-refractivity contribution < 1.29 is 14.6 Å². The Morgan fingerprint density at radius 2 is 1.95 bits per heavy atom. The molecule has 9 nitrogen and oxygen atoms in total. The summed E-state index contributed by atoms with van der Waals surface area (Å²) in [6, 6.07) is 2.74. The molecule has 1 fully saturated rings. The second kappa shape index (κ2) is 6.16. The zero-order valence-corrected chi connectivity index (χ0v) is 11.1. The number of non-ortho nitro benzene ring substituents is 1. The predicted molar refractivity (Wildman–Crippen MR) is 74.0 cm³/mol. The third-order valence-corrected chi connectivity index (χ3v) is 3.25. The number of carbonyl (C=O) groups excluding carboxylic acids is 1. The number of rotatable bonds is 4. The lowest BCUT2D eigenvalue weighted by Crippen LogP contribution is -2.38. The van der Waals surface area contributed by atoms with Crippen molar-refractivity contribution in [2.45, 2.75) is 25.3 Å². The van der Waals surface area contributed by atoms with E-state index in [2.05, 4.69) is 10.6 Å². The SMILES string of the molecule is O=C1NCCCCC1Nc1ccc([N+](=O)[O-])cc1[N+](=O)[O-]. The largest absolute Gasteiger partial charge is 0.368 e. The van der Waals surface area contributed by atoms with Crippen LogP contribution in [-0.4, -0.2) is 28.3 Å². The zero-order valence-electron chi connectivity index (χ0n) is 11.1. The molecule has 0 bridgehead atoms. The molecule has 9 heteroatoms. The van der Waals surface area contributed by atoms with Crippen LogP contribution >= 0.6 is 0 Å². The molecule has 2 N–H and O–H groups in total. The van der Waals surface area contributed by atoms with Gasteiger partial charge in [0.05, 0.1) is 15.9 Å². The first-order valence-corrected chi connectivity index (χ1v) is 6.46. The van der Waals surface area contributed by atoms with Crippen molar-refractivity contribution in [1.29, 1.82) is 0 Å². The molecule has 1 aromatic rings. The molecule has 1 aliphatic rings. The lowest BCUT2D eigenvalue weighted by atomic mass is 10.1. The summed E-state index contributed by atoms with van der Waals surface area (Å²) < 4.78 is 0. The fourth-order valence-electron chi connectivity index (χ4n) is 2.17. The number of amides is 1. The monoisotopic (exact) mass is 294 g/mol. The molecule has 112 valence electrons. The van der Waals surface area contributed by atoms with E-state index in [4.69, 9.17) is 0 Å². The number of nitro groups is 2. The van der Waals surface area contributed by atoms with Gasteiger partial charge >= 0.3 is 0 Å². The van der Waals surface area contributed by atoms with Gasteiger partial charge in [0.2, 0.25) is 5.91 Å². The Hall–Kier alpha value is -2.71. The summed E-state index contributed by atoms with van der Waals surface area (Å²) in [5.41, 5.74) is -0.675. The van der Waals surface area contributed by atoms with Crippen LogP contribution in [-0.2, 0) is 4.79 Å². The summed E-state index contributed by atoms with van der Waals surface area (Å²) in [5, 5.41) is 27.2. The van der Waals surface area contributed by atoms with Gasteiger partial charge in [-0.2, -0.15) is 0 Å². The van der Waals surface area contributed by atoms with E-state index < -0.39 is 21.6 Å². The fraction of sp³-hybridized carbons (Fsp3) is 0.417. The van der Waals surface area contributed by atoms with Crippen molar-refractivity contribution in [2.75, 3.05) is 11.9 Å². The topological polar surface area (TPSA) is 127 Å². The van der Waals surface area contributed by atoms with E-state index in [0.29, 0.717) is 13.0 Å². The van der Waals surface area contributed by atoms with Crippen LogP contribution < -0.4 is 10.6 Å². The molecule has 1 aliphatic heterocycles. The summed E-state index contributed by atoms with van der Waals surface area (Å²) >= 11 is 0. The van der Waals surface area contributed by atoms with Crippen molar-refractivity contribution in [3.05, 3.63) is 38.4 Å². The third kappa shape index (κ3) is 3.44. The van der Waals surface area contributed by atoms with Gasteiger partial charge in [-0.3, -0.25) is 25.0 Å². The van der Waals surface area contributed by atoms with Crippen molar-refractivity contribution in [3.8, 4) is 0 Å². The Morgan fingerprint density at radius 3 is 2.62 bits per heavy atom. The van der Waals surface area contributed by atoms with Crippen molar-refractivity contribution >= 4 is 23.0 Å². The van der Waals surface area contributed by atoms with Gasteiger partial charge < -0.3 is 10.6 Å². The molecule has 1 atom stereocenters. The molecule has 0 radical (unpaired) electrons. The summed E-state index contributed by atoms with van der Waals surface area (Å²) in [5.74, 6) is -0.222. The second-order valence-corrected chi connectivity index (χ2v) is 4.70. The summed E-state index contributed by atoms with van der Waals surface area (Å²) in [6.07, 6.45) is 2.23. The Balaban J connectivity index is 2.28. The van der Waals surface area contributed by atoms with Crippen molar-refractivity contribution in [1.82, 2.24) is 5.32 Å². The van der Waals surface area contributed by atoms with Gasteiger partial charge in [0.1, 0.15) is 11.7 Å². The molecule has 0 aromatic heterocycles. The van der Waals surface area contributed by atoms with Gasteiger partial charge in [-0.15, -0.1) is 0 Å². The summed E-state index contributed by atoms with van der Waals surface area (Å²) in [6.45, 7) is 0.583. The number of anilines is 1. The summed E-state index contributed by atoms with van der Waals surface area (Å²) in [4.78, 5) is 32.1. The molecular weight excluding hydrogens is 280 g/mol. The Morgan fingerprint density at radius 1 is 1.19 bits per heavy atom. The standard InChI is InChI=1S/C12H14N4O5/c17-12-10(3-1-2-6-13-12)14-9-5-4-8(15(18)19)7-11(9)16(20)21/h4-5,7,10,14H,1-3,6H2,(H,13,17). The van der Waals surface area contributed by atoms with E-state index in [1.165, 1.54) is 12.1 Å². The Kier molecular flexibility index (Phi) is 4.31. The third-order valence-electron chi connectivity index (χ3n) is 3.25. The highest BCUT2D eigenvalue weighted by atomic mass is 16.6. The first kappa shape index (κ1) is 14.7. The van der Waals surface area contributed by atoms with Gasteiger partial charge in [0, 0.05) is 12.6 Å². The quantitative estimate of drug-likeness (QED) is 0.641. The van der Waals surface area contributed by atoms with Crippen LogP contribution in [0.4, 0.5) is 17.1 Å². The van der Waals surface area contributed by atoms with E-state index in [9.17, 15) is 25.0 Å². The smallest absolute Gasteiger partial charge is 0.299 e. The van der Waals surface area contributed by atoms with Crippen LogP contribution in [0.5, 0.6) is 0 Å². The minimum Gasteiger partial charge on any atom is -0.368 e. The van der Waals surface area contributed by atoms with E-state index in [-0.39, 0.29) is 17.3 Å². The molecule has 1 amide bonds. The number of carbonyl (C=O) groups is 1. The van der Waals surface area contributed by atoms with Gasteiger partial charge in [-0.25, -0.2) is 0 Å². The summed E-state index contributed by atoms with van der Waals surface area (Å²) in [7, 11) is 0. The van der Waals surface area contributed by atoms with E-state index in [1.807, 2.05) is 0 Å². The van der Waals surface area contributed by atoms with Crippen LogP contribution in [0.3, 0.4) is 0 Å². The van der Waals surface area contributed by atoms with Crippen LogP contribution in [0.2, 0.25) is 0 Å². The second-order valence-electron chi connectivity index (χ2n) is 4.70. The lowest BCUT2D eigenvalue weighted by Gasteiger charge is -2.16. The number of nitro benzene ring substituents is 2. The fourth-order valence-corrected chi connectivity index (χ4v) is 2.17.